The van der Waals surface area contributed by atoms with Gasteiger partial charge in [-0.05, 0) is 24.3 Å². The Morgan fingerprint density at radius 1 is 1.00 bits per heavy atom. The van der Waals surface area contributed by atoms with Gasteiger partial charge in [-0.3, -0.25) is 0 Å². The molecule has 0 unspecified atom stereocenters. The Morgan fingerprint density at radius 3 is 2.33 bits per heavy atom. The van der Waals surface area contributed by atoms with E-state index in [1.807, 2.05) is 0 Å². The van der Waals surface area contributed by atoms with Crippen LogP contribution in [0.4, 0.5) is 23.2 Å². The van der Waals surface area contributed by atoms with E-state index in [9.17, 15) is 17.6 Å². The molecule has 0 aromatic heterocycles. The molecule has 0 aliphatic heterocycles. The first kappa shape index (κ1) is 15.9. The Balaban J connectivity index is 2.16. The molecule has 21 heavy (non-hydrogen) atoms. The van der Waals surface area contributed by atoms with Crippen LogP contribution in [0.15, 0.2) is 36.4 Å². The van der Waals surface area contributed by atoms with Crippen molar-refractivity contribution in [3.8, 4) is 0 Å². The molecule has 1 nitrogen and oxygen atoms in total. The van der Waals surface area contributed by atoms with Crippen LogP contribution < -0.4 is 5.32 Å². The fourth-order valence-corrected chi connectivity index (χ4v) is 2.15. The number of alkyl halides is 3. The van der Waals surface area contributed by atoms with Gasteiger partial charge in [0.2, 0.25) is 0 Å². The van der Waals surface area contributed by atoms with E-state index in [4.69, 9.17) is 23.2 Å². The molecule has 0 heterocycles. The zero-order chi connectivity index (χ0) is 15.6. The SMILES string of the molecule is Fc1c(Cl)cccc1CNc1ccc(C(F)(F)F)cc1Cl. The molecule has 112 valence electrons. The Hall–Kier alpha value is -1.46. The highest BCUT2D eigenvalue weighted by atomic mass is 35.5. The number of hydrogen-bond acceptors (Lipinski definition) is 1. The fourth-order valence-electron chi connectivity index (χ4n) is 1.71. The summed E-state index contributed by atoms with van der Waals surface area (Å²) in [4.78, 5) is 0. The van der Waals surface area contributed by atoms with E-state index in [0.29, 0.717) is 5.56 Å². The predicted molar refractivity (Wildman–Crippen MR) is 75.2 cm³/mol. The lowest BCUT2D eigenvalue weighted by Crippen LogP contribution is -2.06. The molecule has 2 rings (SSSR count). The Morgan fingerprint density at radius 2 is 1.71 bits per heavy atom. The molecule has 7 heteroatoms. The number of benzene rings is 2. The molecule has 1 N–H and O–H groups in total. The maximum Gasteiger partial charge on any atom is 0.416 e. The average molecular weight is 338 g/mol. The maximum absolute atomic E-state index is 13.7. The summed E-state index contributed by atoms with van der Waals surface area (Å²) in [6.45, 7) is 0.0531. The topological polar surface area (TPSA) is 12.0 Å². The third-order valence-electron chi connectivity index (χ3n) is 2.80. The summed E-state index contributed by atoms with van der Waals surface area (Å²) in [6, 6.07) is 7.43. The monoisotopic (exact) mass is 337 g/mol. The molecule has 0 bridgehead atoms. The summed E-state index contributed by atoms with van der Waals surface area (Å²) >= 11 is 11.4. The average Bonchev–Trinajstić information content (AvgIpc) is 2.40. The Bertz CT molecular complexity index is 656. The van der Waals surface area contributed by atoms with Crippen molar-refractivity contribution in [2.45, 2.75) is 12.7 Å². The van der Waals surface area contributed by atoms with Crippen LogP contribution in [0.5, 0.6) is 0 Å². The molecule has 0 aliphatic rings. The number of hydrogen-bond donors (Lipinski definition) is 1. The molecule has 0 spiro atoms. The lowest BCUT2D eigenvalue weighted by Gasteiger charge is -2.12. The van der Waals surface area contributed by atoms with Gasteiger partial charge in [-0.15, -0.1) is 0 Å². The number of anilines is 1. The van der Waals surface area contributed by atoms with E-state index >= 15 is 0 Å². The van der Waals surface area contributed by atoms with E-state index in [1.54, 1.807) is 6.07 Å². The summed E-state index contributed by atoms with van der Waals surface area (Å²) in [5.74, 6) is -0.574. The molecule has 0 amide bonds. The van der Waals surface area contributed by atoms with Crippen LogP contribution in [-0.2, 0) is 12.7 Å². The summed E-state index contributed by atoms with van der Waals surface area (Å²) in [5, 5.41) is 2.67. The van der Waals surface area contributed by atoms with Gasteiger partial charge >= 0.3 is 6.18 Å². The van der Waals surface area contributed by atoms with Gasteiger partial charge in [0, 0.05) is 12.1 Å². The highest BCUT2D eigenvalue weighted by Gasteiger charge is 2.30. The van der Waals surface area contributed by atoms with E-state index in [0.717, 1.165) is 12.1 Å². The van der Waals surface area contributed by atoms with Crippen LogP contribution in [-0.4, -0.2) is 0 Å². The summed E-state index contributed by atoms with van der Waals surface area (Å²) in [5.41, 5.74) is -0.269. The second-order valence-electron chi connectivity index (χ2n) is 4.26. The van der Waals surface area contributed by atoms with Crippen molar-refractivity contribution in [3.05, 3.63) is 63.4 Å². The third-order valence-corrected chi connectivity index (χ3v) is 3.40. The Labute approximate surface area is 128 Å². The minimum absolute atomic E-state index is 0.0205. The Kier molecular flexibility index (Phi) is 4.64. The molecule has 2 aromatic carbocycles. The first-order chi connectivity index (χ1) is 9.79. The largest absolute Gasteiger partial charge is 0.416 e. The quantitative estimate of drug-likeness (QED) is 0.701. The standard InChI is InChI=1S/C14H9Cl2F4N/c15-10-3-1-2-8(13(10)17)7-21-12-5-4-9(6-11(12)16)14(18,19)20/h1-6,21H,7H2. The van der Waals surface area contributed by atoms with Crippen LogP contribution >= 0.6 is 23.2 Å². The molecule has 0 atom stereocenters. The molecule has 0 radical (unpaired) electrons. The lowest BCUT2D eigenvalue weighted by molar-refractivity contribution is -0.137. The van der Waals surface area contributed by atoms with E-state index in [1.165, 1.54) is 18.2 Å². The minimum Gasteiger partial charge on any atom is -0.380 e. The van der Waals surface area contributed by atoms with Crippen molar-refractivity contribution < 1.29 is 17.6 Å². The smallest absolute Gasteiger partial charge is 0.380 e. The highest BCUT2D eigenvalue weighted by Crippen LogP contribution is 2.34. The molecular weight excluding hydrogens is 329 g/mol. The van der Waals surface area contributed by atoms with Gasteiger partial charge in [0.15, 0.2) is 0 Å². The first-order valence-electron chi connectivity index (χ1n) is 5.82. The lowest BCUT2D eigenvalue weighted by atomic mass is 10.1. The number of nitrogens with one attached hydrogen (secondary N) is 1. The van der Waals surface area contributed by atoms with Gasteiger partial charge in [0.25, 0.3) is 0 Å². The molecule has 0 saturated heterocycles. The van der Waals surface area contributed by atoms with Crippen molar-refractivity contribution in [2.24, 2.45) is 0 Å². The van der Waals surface area contributed by atoms with Crippen molar-refractivity contribution in [2.75, 3.05) is 5.32 Å². The van der Waals surface area contributed by atoms with Crippen molar-refractivity contribution in [1.82, 2.24) is 0 Å². The number of rotatable bonds is 3. The summed E-state index contributed by atoms with van der Waals surface area (Å²) < 4.78 is 51.2. The van der Waals surface area contributed by atoms with Gasteiger partial charge in [-0.25, -0.2) is 4.39 Å². The van der Waals surface area contributed by atoms with E-state index in [2.05, 4.69) is 5.32 Å². The molecule has 2 aromatic rings. The maximum atomic E-state index is 13.7. The van der Waals surface area contributed by atoms with E-state index in [-0.39, 0.29) is 22.3 Å². The summed E-state index contributed by atoms with van der Waals surface area (Å²) in [6.07, 6.45) is -4.46. The molecule has 0 aliphatic carbocycles. The first-order valence-corrected chi connectivity index (χ1v) is 6.58. The van der Waals surface area contributed by atoms with E-state index < -0.39 is 17.6 Å². The highest BCUT2D eigenvalue weighted by molar-refractivity contribution is 6.33. The van der Waals surface area contributed by atoms with Gasteiger partial charge in [0.05, 0.1) is 21.3 Å². The van der Waals surface area contributed by atoms with Crippen LogP contribution in [0.25, 0.3) is 0 Å². The van der Waals surface area contributed by atoms with Crippen molar-refractivity contribution in [1.29, 1.82) is 0 Å². The number of halogens is 6. The van der Waals surface area contributed by atoms with Crippen molar-refractivity contribution >= 4 is 28.9 Å². The van der Waals surface area contributed by atoms with Gasteiger partial charge in [0.1, 0.15) is 5.82 Å². The molecule has 0 saturated carbocycles. The zero-order valence-corrected chi connectivity index (χ0v) is 12.0. The minimum atomic E-state index is -4.46. The van der Waals surface area contributed by atoms with Crippen LogP contribution in [0.2, 0.25) is 10.0 Å². The van der Waals surface area contributed by atoms with Crippen LogP contribution in [0.3, 0.4) is 0 Å². The fraction of sp³-hybridized carbons (Fsp3) is 0.143. The third kappa shape index (κ3) is 3.80. The van der Waals surface area contributed by atoms with Gasteiger partial charge in [-0.1, -0.05) is 35.3 Å². The predicted octanol–water partition coefficient (Wildman–Crippen LogP) is 5.76. The van der Waals surface area contributed by atoms with Gasteiger partial charge in [-0.2, -0.15) is 13.2 Å². The normalized spacial score (nSPS) is 11.5. The zero-order valence-electron chi connectivity index (χ0n) is 10.4. The molecule has 0 fully saturated rings. The van der Waals surface area contributed by atoms with Gasteiger partial charge < -0.3 is 5.32 Å². The second kappa shape index (κ2) is 6.12. The van der Waals surface area contributed by atoms with Crippen molar-refractivity contribution in [3.63, 3.8) is 0 Å². The van der Waals surface area contributed by atoms with Crippen LogP contribution in [0.1, 0.15) is 11.1 Å². The van der Waals surface area contributed by atoms with Crippen LogP contribution in [0, 0.1) is 5.82 Å². The summed E-state index contributed by atoms with van der Waals surface area (Å²) in [7, 11) is 0. The molecular formula is C14H9Cl2F4N. The second-order valence-corrected chi connectivity index (χ2v) is 5.07.